The molecule has 0 aromatic rings. The lowest BCUT2D eigenvalue weighted by Crippen LogP contribution is -2.40. The zero-order chi connectivity index (χ0) is 10.3. The van der Waals surface area contributed by atoms with Gasteiger partial charge in [0.15, 0.2) is 0 Å². The fourth-order valence-corrected chi connectivity index (χ4v) is 3.09. The van der Waals surface area contributed by atoms with Crippen LogP contribution in [0, 0.1) is 0 Å². The van der Waals surface area contributed by atoms with E-state index in [1.165, 1.54) is 31.4 Å². The van der Waals surface area contributed by atoms with Crippen LogP contribution in [-0.4, -0.2) is 41.4 Å². The summed E-state index contributed by atoms with van der Waals surface area (Å²) in [4.78, 5) is 16.3. The van der Waals surface area contributed by atoms with E-state index in [1.54, 1.807) is 0 Å². The van der Waals surface area contributed by atoms with E-state index >= 15 is 0 Å². The molecule has 0 radical (unpaired) electrons. The predicted octanol–water partition coefficient (Wildman–Crippen LogP) is 1.36. The normalized spacial score (nSPS) is 30.8. The van der Waals surface area contributed by atoms with Gasteiger partial charge in [-0.25, -0.2) is 0 Å². The predicted molar refractivity (Wildman–Crippen MR) is 58.2 cm³/mol. The van der Waals surface area contributed by atoms with Crippen LogP contribution in [0.4, 0.5) is 0 Å². The highest BCUT2D eigenvalue weighted by atomic mass is 16.2. The van der Waals surface area contributed by atoms with Crippen molar-refractivity contribution in [3.8, 4) is 0 Å². The van der Waals surface area contributed by atoms with Crippen LogP contribution >= 0.6 is 0 Å². The van der Waals surface area contributed by atoms with Gasteiger partial charge in [0.2, 0.25) is 5.91 Å². The number of likely N-dealkylation sites (tertiary alicyclic amines) is 1. The van der Waals surface area contributed by atoms with Gasteiger partial charge in [-0.15, -0.1) is 0 Å². The highest BCUT2D eigenvalue weighted by molar-refractivity contribution is 5.89. The molecule has 82 valence electrons. The summed E-state index contributed by atoms with van der Waals surface area (Å²) in [6, 6.07) is 0.512. The fourth-order valence-electron chi connectivity index (χ4n) is 3.09. The van der Waals surface area contributed by atoms with Crippen LogP contribution in [0.1, 0.15) is 32.1 Å². The van der Waals surface area contributed by atoms with E-state index in [4.69, 9.17) is 0 Å². The summed E-state index contributed by atoms with van der Waals surface area (Å²) >= 11 is 0. The maximum Gasteiger partial charge on any atom is 0.248 e. The van der Waals surface area contributed by atoms with E-state index in [2.05, 4.69) is 9.80 Å². The molecule has 1 amide bonds. The number of carbonyl (C=O) groups excluding carboxylic acids is 1. The van der Waals surface area contributed by atoms with Gasteiger partial charge >= 0.3 is 0 Å². The highest BCUT2D eigenvalue weighted by Gasteiger charge is 2.33. The molecule has 3 aliphatic heterocycles. The molecule has 2 saturated heterocycles. The molecular weight excluding hydrogens is 188 g/mol. The zero-order valence-electron chi connectivity index (χ0n) is 9.11. The first kappa shape index (κ1) is 9.25. The van der Waals surface area contributed by atoms with E-state index in [9.17, 15) is 4.79 Å². The highest BCUT2D eigenvalue weighted by Crippen LogP contribution is 2.30. The van der Waals surface area contributed by atoms with Gasteiger partial charge in [-0.3, -0.25) is 4.79 Å². The van der Waals surface area contributed by atoms with Crippen LogP contribution < -0.4 is 0 Å². The molecule has 3 rings (SSSR count). The van der Waals surface area contributed by atoms with Crippen LogP contribution in [-0.2, 0) is 4.79 Å². The number of carbonyl (C=O) groups is 1. The lowest BCUT2D eigenvalue weighted by Gasteiger charge is -2.33. The van der Waals surface area contributed by atoms with Crippen molar-refractivity contribution in [1.82, 2.24) is 9.80 Å². The second kappa shape index (κ2) is 3.54. The molecule has 0 spiro atoms. The van der Waals surface area contributed by atoms with Crippen molar-refractivity contribution in [1.29, 1.82) is 0 Å². The van der Waals surface area contributed by atoms with Gasteiger partial charge < -0.3 is 9.80 Å². The standard InChI is InChI=1S/C12H18N2O/c15-12-9-11(13-5-1-2-6-13)8-10-4-3-7-14(10)12/h9-10H,1-8H2. The third kappa shape index (κ3) is 1.54. The Labute approximate surface area is 90.7 Å². The maximum absolute atomic E-state index is 11.9. The van der Waals surface area contributed by atoms with Crippen LogP contribution in [0.2, 0.25) is 0 Å². The molecule has 1 atom stereocenters. The summed E-state index contributed by atoms with van der Waals surface area (Å²) in [6.45, 7) is 3.30. The Morgan fingerprint density at radius 3 is 2.73 bits per heavy atom. The molecule has 1 unspecified atom stereocenters. The van der Waals surface area contributed by atoms with Crippen molar-refractivity contribution < 1.29 is 4.79 Å². The lowest BCUT2D eigenvalue weighted by molar-refractivity contribution is -0.127. The van der Waals surface area contributed by atoms with Crippen molar-refractivity contribution in [2.45, 2.75) is 38.1 Å². The molecular formula is C12H18N2O. The molecule has 0 N–H and O–H groups in total. The minimum Gasteiger partial charge on any atom is -0.375 e. The summed E-state index contributed by atoms with van der Waals surface area (Å²) in [5.74, 6) is 0.255. The van der Waals surface area contributed by atoms with Crippen LogP contribution in [0.25, 0.3) is 0 Å². The molecule has 3 heteroatoms. The van der Waals surface area contributed by atoms with Gasteiger partial charge in [0.05, 0.1) is 0 Å². The Balaban J connectivity index is 1.79. The summed E-state index contributed by atoms with van der Waals surface area (Å²) in [5, 5.41) is 0. The summed E-state index contributed by atoms with van der Waals surface area (Å²) < 4.78 is 0. The molecule has 15 heavy (non-hydrogen) atoms. The molecule has 3 nitrogen and oxygen atoms in total. The van der Waals surface area contributed by atoms with Crippen LogP contribution in [0.15, 0.2) is 11.8 Å². The Morgan fingerprint density at radius 2 is 1.93 bits per heavy atom. The number of hydrogen-bond acceptors (Lipinski definition) is 2. The van der Waals surface area contributed by atoms with E-state index in [0.717, 1.165) is 26.1 Å². The fraction of sp³-hybridized carbons (Fsp3) is 0.750. The molecule has 0 saturated carbocycles. The van der Waals surface area contributed by atoms with E-state index in [1.807, 2.05) is 6.08 Å². The summed E-state index contributed by atoms with van der Waals surface area (Å²) in [6.07, 6.45) is 7.97. The van der Waals surface area contributed by atoms with Gasteiger partial charge in [-0.2, -0.15) is 0 Å². The second-order valence-corrected chi connectivity index (χ2v) is 4.86. The first-order valence-corrected chi connectivity index (χ1v) is 6.11. The van der Waals surface area contributed by atoms with Gasteiger partial charge in [0.1, 0.15) is 0 Å². The van der Waals surface area contributed by atoms with Crippen LogP contribution in [0.5, 0.6) is 0 Å². The molecule has 3 heterocycles. The zero-order valence-corrected chi connectivity index (χ0v) is 9.11. The molecule has 0 bridgehead atoms. The molecule has 3 aliphatic rings. The van der Waals surface area contributed by atoms with Crippen molar-refractivity contribution >= 4 is 5.91 Å². The Bertz CT molecular complexity index is 305. The minimum atomic E-state index is 0.255. The van der Waals surface area contributed by atoms with Crippen LogP contribution in [0.3, 0.4) is 0 Å². The van der Waals surface area contributed by atoms with Crippen molar-refractivity contribution in [2.75, 3.05) is 19.6 Å². The first-order chi connectivity index (χ1) is 7.34. The van der Waals surface area contributed by atoms with Gasteiger partial charge in [0.25, 0.3) is 0 Å². The first-order valence-electron chi connectivity index (χ1n) is 6.11. The number of nitrogens with zero attached hydrogens (tertiary/aromatic N) is 2. The van der Waals surface area contributed by atoms with Crippen molar-refractivity contribution in [2.24, 2.45) is 0 Å². The Hall–Kier alpha value is -0.990. The minimum absolute atomic E-state index is 0.255. The Morgan fingerprint density at radius 1 is 1.13 bits per heavy atom. The van der Waals surface area contributed by atoms with Gasteiger partial charge in [-0.1, -0.05) is 0 Å². The van der Waals surface area contributed by atoms with Crippen molar-refractivity contribution in [3.63, 3.8) is 0 Å². The SMILES string of the molecule is O=C1C=C(N2CCCC2)CC2CCCN12. The maximum atomic E-state index is 11.9. The number of fused-ring (bicyclic) bond motifs is 1. The third-order valence-corrected chi connectivity index (χ3v) is 3.91. The average molecular weight is 206 g/mol. The lowest BCUT2D eigenvalue weighted by atomic mass is 10.0. The van der Waals surface area contributed by atoms with Gasteiger partial charge in [-0.05, 0) is 25.7 Å². The smallest absolute Gasteiger partial charge is 0.248 e. The quantitative estimate of drug-likeness (QED) is 0.647. The third-order valence-electron chi connectivity index (χ3n) is 3.91. The largest absolute Gasteiger partial charge is 0.375 e. The monoisotopic (exact) mass is 206 g/mol. The number of amides is 1. The topological polar surface area (TPSA) is 23.6 Å². The summed E-state index contributed by atoms with van der Waals surface area (Å²) in [7, 11) is 0. The molecule has 0 aromatic carbocycles. The number of hydrogen-bond donors (Lipinski definition) is 0. The average Bonchev–Trinajstić information content (AvgIpc) is 2.88. The molecule has 0 aromatic heterocycles. The Kier molecular flexibility index (Phi) is 2.19. The van der Waals surface area contributed by atoms with E-state index in [0.29, 0.717) is 6.04 Å². The number of rotatable bonds is 1. The van der Waals surface area contributed by atoms with Crippen molar-refractivity contribution in [3.05, 3.63) is 11.8 Å². The van der Waals surface area contributed by atoms with E-state index < -0.39 is 0 Å². The molecule has 0 aliphatic carbocycles. The van der Waals surface area contributed by atoms with Gasteiger partial charge in [0, 0.05) is 43.9 Å². The second-order valence-electron chi connectivity index (χ2n) is 4.86. The van der Waals surface area contributed by atoms with E-state index in [-0.39, 0.29) is 5.91 Å². The molecule has 2 fully saturated rings. The summed E-state index contributed by atoms with van der Waals surface area (Å²) in [5.41, 5.74) is 1.31.